The molecule has 2 heterocycles. The third kappa shape index (κ3) is 3.59. The van der Waals surface area contributed by atoms with Crippen molar-refractivity contribution in [1.82, 2.24) is 4.98 Å². The molecule has 1 aliphatic heterocycles. The molecule has 142 valence electrons. The van der Waals surface area contributed by atoms with Crippen molar-refractivity contribution < 1.29 is 19.1 Å². The number of fused-ring (bicyclic) bond motifs is 2. The fourth-order valence-electron chi connectivity index (χ4n) is 3.15. The maximum Gasteiger partial charge on any atom is 0.231 e. The van der Waals surface area contributed by atoms with E-state index in [0.717, 1.165) is 10.9 Å². The van der Waals surface area contributed by atoms with Crippen molar-refractivity contribution >= 4 is 34.1 Å². The van der Waals surface area contributed by atoms with Crippen molar-refractivity contribution in [2.24, 2.45) is 0 Å². The van der Waals surface area contributed by atoms with Crippen molar-refractivity contribution in [3.8, 4) is 11.5 Å². The molecule has 0 unspecified atom stereocenters. The third-order valence-electron chi connectivity index (χ3n) is 4.52. The average Bonchev–Trinajstić information content (AvgIpc) is 3.16. The fraction of sp³-hybridized carbons (Fsp3) is 0.190. The lowest BCUT2D eigenvalue weighted by atomic mass is 10.2. The van der Waals surface area contributed by atoms with E-state index in [-0.39, 0.29) is 31.6 Å². The zero-order chi connectivity index (χ0) is 19.5. The zero-order valence-electron chi connectivity index (χ0n) is 15.3. The number of carbonyl (C=O) groups excluding carboxylic acids is 2. The van der Waals surface area contributed by atoms with Crippen LogP contribution in [-0.2, 0) is 9.59 Å². The number of hydrogen-bond donors (Lipinski definition) is 1. The molecule has 0 fully saturated rings. The average molecular weight is 377 g/mol. The maximum absolute atomic E-state index is 12.5. The zero-order valence-corrected chi connectivity index (χ0v) is 15.3. The quantitative estimate of drug-likeness (QED) is 0.738. The lowest BCUT2D eigenvalue weighted by molar-refractivity contribution is -0.117. The third-order valence-corrected chi connectivity index (χ3v) is 4.52. The summed E-state index contributed by atoms with van der Waals surface area (Å²) in [5.74, 6) is 0.895. The van der Waals surface area contributed by atoms with Gasteiger partial charge in [-0.2, -0.15) is 0 Å². The largest absolute Gasteiger partial charge is 0.454 e. The Morgan fingerprint density at radius 3 is 2.79 bits per heavy atom. The van der Waals surface area contributed by atoms with E-state index in [1.54, 1.807) is 29.3 Å². The second-order valence-corrected chi connectivity index (χ2v) is 6.39. The number of ether oxygens (including phenoxy) is 2. The number of rotatable bonds is 5. The normalized spacial score (nSPS) is 12.0. The lowest BCUT2D eigenvalue weighted by Crippen LogP contribution is -2.31. The van der Waals surface area contributed by atoms with E-state index in [0.29, 0.717) is 22.9 Å². The van der Waals surface area contributed by atoms with Crippen LogP contribution in [0, 0.1) is 0 Å². The number of hydrogen-bond acceptors (Lipinski definition) is 5. The van der Waals surface area contributed by atoms with Crippen LogP contribution in [0.25, 0.3) is 10.9 Å². The first kappa shape index (κ1) is 17.8. The van der Waals surface area contributed by atoms with Crippen LogP contribution in [0.2, 0.25) is 0 Å². The number of aromatic nitrogens is 1. The highest BCUT2D eigenvalue weighted by Crippen LogP contribution is 2.35. The molecule has 1 aromatic heterocycles. The number of para-hydroxylation sites is 1. The van der Waals surface area contributed by atoms with Gasteiger partial charge in [-0.3, -0.25) is 14.6 Å². The maximum atomic E-state index is 12.5. The van der Waals surface area contributed by atoms with E-state index in [9.17, 15) is 9.59 Å². The van der Waals surface area contributed by atoms with Gasteiger partial charge in [0.15, 0.2) is 11.5 Å². The second-order valence-electron chi connectivity index (χ2n) is 6.39. The van der Waals surface area contributed by atoms with Gasteiger partial charge in [-0.1, -0.05) is 18.2 Å². The molecule has 0 atom stereocenters. The van der Waals surface area contributed by atoms with Crippen LogP contribution in [0.4, 0.5) is 11.4 Å². The Morgan fingerprint density at radius 1 is 1.11 bits per heavy atom. The molecule has 7 nitrogen and oxygen atoms in total. The van der Waals surface area contributed by atoms with E-state index < -0.39 is 0 Å². The molecule has 1 aliphatic rings. The van der Waals surface area contributed by atoms with Gasteiger partial charge in [0.05, 0.1) is 11.2 Å². The minimum Gasteiger partial charge on any atom is -0.454 e. The molecular formula is C21H19N3O4. The summed E-state index contributed by atoms with van der Waals surface area (Å²) in [4.78, 5) is 30.5. The summed E-state index contributed by atoms with van der Waals surface area (Å²) in [5.41, 5.74) is 2.05. The van der Waals surface area contributed by atoms with Crippen molar-refractivity contribution in [3.63, 3.8) is 0 Å². The van der Waals surface area contributed by atoms with Gasteiger partial charge in [0, 0.05) is 43.2 Å². The Bertz CT molecular complexity index is 1050. The number of carbonyl (C=O) groups is 2. The van der Waals surface area contributed by atoms with Gasteiger partial charge >= 0.3 is 0 Å². The molecule has 3 aromatic rings. The number of nitrogens with zero attached hydrogens (tertiary/aromatic N) is 2. The Hall–Kier alpha value is -3.61. The van der Waals surface area contributed by atoms with Crippen molar-refractivity contribution in [2.45, 2.75) is 13.3 Å². The minimum absolute atomic E-state index is 0.150. The van der Waals surface area contributed by atoms with E-state index in [1.165, 1.54) is 6.92 Å². The first-order valence-electron chi connectivity index (χ1n) is 8.93. The van der Waals surface area contributed by atoms with Gasteiger partial charge in [-0.15, -0.1) is 0 Å². The second kappa shape index (κ2) is 7.56. The highest BCUT2D eigenvalue weighted by molar-refractivity contribution is 6.01. The first-order valence-corrected chi connectivity index (χ1v) is 8.93. The van der Waals surface area contributed by atoms with Gasteiger partial charge in [-0.25, -0.2) is 0 Å². The Kier molecular flexibility index (Phi) is 4.80. The van der Waals surface area contributed by atoms with E-state index >= 15 is 0 Å². The molecule has 4 rings (SSSR count). The van der Waals surface area contributed by atoms with E-state index in [1.807, 2.05) is 30.3 Å². The smallest absolute Gasteiger partial charge is 0.231 e. The number of anilines is 2. The fourth-order valence-corrected chi connectivity index (χ4v) is 3.15. The molecule has 0 saturated heterocycles. The molecule has 0 aliphatic carbocycles. The highest BCUT2D eigenvalue weighted by Gasteiger charge is 2.19. The van der Waals surface area contributed by atoms with Crippen LogP contribution in [0.15, 0.2) is 54.7 Å². The van der Waals surface area contributed by atoms with Gasteiger partial charge in [-0.05, 0) is 24.3 Å². The first-order chi connectivity index (χ1) is 13.6. The summed E-state index contributed by atoms with van der Waals surface area (Å²) in [6.07, 6.45) is 1.84. The van der Waals surface area contributed by atoms with Crippen molar-refractivity contribution in [3.05, 3.63) is 54.7 Å². The lowest BCUT2D eigenvalue weighted by Gasteiger charge is -2.21. The van der Waals surface area contributed by atoms with Gasteiger partial charge in [0.1, 0.15) is 0 Å². The summed E-state index contributed by atoms with van der Waals surface area (Å²) in [5, 5.41) is 3.84. The van der Waals surface area contributed by atoms with Crippen LogP contribution in [0.5, 0.6) is 11.5 Å². The number of nitrogens with one attached hydrogen (secondary N) is 1. The molecule has 1 N–H and O–H groups in total. The predicted molar refractivity (Wildman–Crippen MR) is 106 cm³/mol. The van der Waals surface area contributed by atoms with Crippen LogP contribution >= 0.6 is 0 Å². The molecule has 28 heavy (non-hydrogen) atoms. The van der Waals surface area contributed by atoms with Crippen LogP contribution in [0.3, 0.4) is 0 Å². The molecule has 0 radical (unpaired) electrons. The van der Waals surface area contributed by atoms with E-state index in [4.69, 9.17) is 9.47 Å². The SMILES string of the molecule is CC(=O)N(CCC(=O)Nc1cccc2cccnc12)c1ccc2c(c1)OCO2. The van der Waals surface area contributed by atoms with Crippen LogP contribution in [0.1, 0.15) is 13.3 Å². The Labute approximate surface area is 161 Å². The van der Waals surface area contributed by atoms with Crippen LogP contribution in [-0.4, -0.2) is 30.1 Å². The van der Waals surface area contributed by atoms with Crippen LogP contribution < -0.4 is 19.7 Å². The molecule has 2 aromatic carbocycles. The molecule has 0 spiro atoms. The monoisotopic (exact) mass is 377 g/mol. The van der Waals surface area contributed by atoms with Gasteiger partial charge in [0.2, 0.25) is 18.6 Å². The van der Waals surface area contributed by atoms with Crippen molar-refractivity contribution in [1.29, 1.82) is 0 Å². The highest BCUT2D eigenvalue weighted by atomic mass is 16.7. The Morgan fingerprint density at radius 2 is 1.93 bits per heavy atom. The summed E-state index contributed by atoms with van der Waals surface area (Å²) in [6.45, 7) is 1.89. The molecule has 2 amide bonds. The summed E-state index contributed by atoms with van der Waals surface area (Å²) in [7, 11) is 0. The van der Waals surface area contributed by atoms with Gasteiger partial charge in [0.25, 0.3) is 0 Å². The Balaban J connectivity index is 1.45. The topological polar surface area (TPSA) is 80.8 Å². The summed E-state index contributed by atoms with van der Waals surface area (Å²) in [6, 6.07) is 14.7. The number of benzene rings is 2. The molecule has 0 bridgehead atoms. The van der Waals surface area contributed by atoms with E-state index in [2.05, 4.69) is 10.3 Å². The number of pyridine rings is 1. The molecule has 7 heteroatoms. The molecule has 0 saturated carbocycles. The van der Waals surface area contributed by atoms with Crippen molar-refractivity contribution in [2.75, 3.05) is 23.6 Å². The summed E-state index contributed by atoms with van der Waals surface area (Å²) < 4.78 is 10.7. The standard InChI is InChI=1S/C21H19N3O4/c1-14(25)24(16-7-8-18-19(12-16)28-13-27-18)11-9-20(26)23-17-6-2-4-15-5-3-10-22-21(15)17/h2-8,10,12H,9,11,13H2,1H3,(H,23,26). The number of amides is 2. The minimum atomic E-state index is -0.190. The van der Waals surface area contributed by atoms with Gasteiger partial charge < -0.3 is 19.7 Å². The molecular weight excluding hydrogens is 358 g/mol. The predicted octanol–water partition coefficient (Wildman–Crippen LogP) is 3.35. The summed E-state index contributed by atoms with van der Waals surface area (Å²) >= 11 is 0.